The smallest absolute Gasteiger partial charge is 0.133 e. The molecule has 1 aromatic carbocycles. The molecular weight excluding hydrogens is 262 g/mol. The number of halogens is 1. The summed E-state index contributed by atoms with van der Waals surface area (Å²) in [4.78, 5) is 6.10. The van der Waals surface area contributed by atoms with Crippen LogP contribution in [0.1, 0.15) is 5.69 Å². The average molecular weight is 278 g/mol. The molecule has 0 aliphatic carbocycles. The molecule has 0 atom stereocenters. The first-order valence-electron chi connectivity index (χ1n) is 5.91. The van der Waals surface area contributed by atoms with Crippen molar-refractivity contribution in [2.75, 3.05) is 24.3 Å². The number of anilines is 2. The van der Waals surface area contributed by atoms with Gasteiger partial charge in [0.05, 0.1) is 34.8 Å². The van der Waals surface area contributed by atoms with Crippen LogP contribution >= 0.6 is 11.6 Å². The Morgan fingerprint density at radius 3 is 2.68 bits per heavy atom. The van der Waals surface area contributed by atoms with Gasteiger partial charge in [-0.25, -0.2) is 0 Å². The summed E-state index contributed by atoms with van der Waals surface area (Å²) in [5, 5.41) is 13.2. The molecule has 100 valence electrons. The van der Waals surface area contributed by atoms with Gasteiger partial charge in [-0.05, 0) is 24.3 Å². The van der Waals surface area contributed by atoms with Crippen molar-refractivity contribution in [3.63, 3.8) is 0 Å². The normalized spacial score (nSPS) is 10.3. The number of rotatable bonds is 4. The molecule has 19 heavy (non-hydrogen) atoms. The summed E-state index contributed by atoms with van der Waals surface area (Å²) in [7, 11) is 3.90. The Hall–Kier alpha value is -1.94. The minimum atomic E-state index is 0.167. The van der Waals surface area contributed by atoms with Crippen LogP contribution < -0.4 is 10.2 Å². The van der Waals surface area contributed by atoms with Gasteiger partial charge in [0.25, 0.3) is 0 Å². The van der Waals surface area contributed by atoms with E-state index in [-0.39, 0.29) is 5.75 Å². The number of aromatic hydroxyl groups is 1. The van der Waals surface area contributed by atoms with Crippen LogP contribution in [0, 0.1) is 0 Å². The number of nitrogens with one attached hydrogen (secondary N) is 1. The van der Waals surface area contributed by atoms with Crippen molar-refractivity contribution in [2.45, 2.75) is 6.54 Å². The highest BCUT2D eigenvalue weighted by Crippen LogP contribution is 2.32. The van der Waals surface area contributed by atoms with Crippen molar-refractivity contribution in [3.05, 3.63) is 47.2 Å². The van der Waals surface area contributed by atoms with Crippen LogP contribution in [0.25, 0.3) is 0 Å². The molecule has 5 heteroatoms. The summed E-state index contributed by atoms with van der Waals surface area (Å²) in [5.41, 5.74) is 2.75. The van der Waals surface area contributed by atoms with E-state index in [9.17, 15) is 5.11 Å². The van der Waals surface area contributed by atoms with Gasteiger partial charge in [-0.1, -0.05) is 17.7 Å². The van der Waals surface area contributed by atoms with Crippen LogP contribution in [0.15, 0.2) is 36.5 Å². The lowest BCUT2D eigenvalue weighted by molar-refractivity contribution is 0.472. The maximum atomic E-state index is 9.19. The van der Waals surface area contributed by atoms with Crippen LogP contribution in [0.3, 0.4) is 0 Å². The van der Waals surface area contributed by atoms with Crippen molar-refractivity contribution in [2.24, 2.45) is 0 Å². The van der Waals surface area contributed by atoms with E-state index < -0.39 is 0 Å². The Morgan fingerprint density at radius 1 is 1.26 bits per heavy atom. The van der Waals surface area contributed by atoms with Gasteiger partial charge in [0.2, 0.25) is 0 Å². The zero-order valence-electron chi connectivity index (χ0n) is 10.9. The SMILES string of the molecule is CN(C)c1c(Cl)cccc1NCc1ccc(O)cn1. The Balaban J connectivity index is 2.15. The molecular formula is C14H16ClN3O. The quantitative estimate of drug-likeness (QED) is 0.901. The first-order chi connectivity index (χ1) is 9.08. The zero-order chi connectivity index (χ0) is 13.8. The number of hydrogen-bond acceptors (Lipinski definition) is 4. The molecule has 0 aliphatic heterocycles. The van der Waals surface area contributed by atoms with Crippen molar-refractivity contribution >= 4 is 23.0 Å². The van der Waals surface area contributed by atoms with E-state index in [1.807, 2.05) is 37.2 Å². The average Bonchev–Trinajstić information content (AvgIpc) is 2.37. The standard InChI is InChI=1S/C14H16ClN3O/c1-18(2)14-12(15)4-3-5-13(14)17-8-10-6-7-11(19)9-16-10/h3-7,9,17,19H,8H2,1-2H3. The first-order valence-corrected chi connectivity index (χ1v) is 6.29. The molecule has 0 saturated heterocycles. The third-order valence-electron chi connectivity index (χ3n) is 2.70. The number of benzene rings is 1. The lowest BCUT2D eigenvalue weighted by Crippen LogP contribution is -2.13. The number of hydrogen-bond donors (Lipinski definition) is 2. The summed E-state index contributed by atoms with van der Waals surface area (Å²) in [6.45, 7) is 0.571. The molecule has 0 bridgehead atoms. The van der Waals surface area contributed by atoms with E-state index in [1.165, 1.54) is 6.20 Å². The Bertz CT molecular complexity index is 555. The predicted octanol–water partition coefficient (Wildman–Crippen LogP) is 3.12. The van der Waals surface area contributed by atoms with E-state index >= 15 is 0 Å². The molecule has 0 fully saturated rings. The number of pyridine rings is 1. The Morgan fingerprint density at radius 2 is 2.05 bits per heavy atom. The van der Waals surface area contributed by atoms with Crippen LogP contribution in [0.4, 0.5) is 11.4 Å². The molecule has 0 radical (unpaired) electrons. The van der Waals surface area contributed by atoms with Gasteiger partial charge in [-0.3, -0.25) is 4.98 Å². The highest BCUT2D eigenvalue weighted by molar-refractivity contribution is 6.34. The van der Waals surface area contributed by atoms with E-state index in [2.05, 4.69) is 10.3 Å². The van der Waals surface area contributed by atoms with Gasteiger partial charge >= 0.3 is 0 Å². The molecule has 0 aliphatic rings. The second kappa shape index (κ2) is 5.80. The molecule has 0 unspecified atom stereocenters. The molecule has 1 heterocycles. The lowest BCUT2D eigenvalue weighted by Gasteiger charge is -2.19. The number of aromatic nitrogens is 1. The Labute approximate surface area is 117 Å². The fourth-order valence-corrected chi connectivity index (χ4v) is 2.16. The monoisotopic (exact) mass is 277 g/mol. The summed E-state index contributed by atoms with van der Waals surface area (Å²) in [5.74, 6) is 0.167. The van der Waals surface area contributed by atoms with Gasteiger partial charge in [-0.2, -0.15) is 0 Å². The van der Waals surface area contributed by atoms with Gasteiger partial charge < -0.3 is 15.3 Å². The fourth-order valence-electron chi connectivity index (χ4n) is 1.82. The second-order valence-electron chi connectivity index (χ2n) is 4.39. The van der Waals surface area contributed by atoms with E-state index in [4.69, 9.17) is 11.6 Å². The third kappa shape index (κ3) is 3.29. The molecule has 2 aromatic rings. The predicted molar refractivity (Wildman–Crippen MR) is 79.0 cm³/mol. The Kier molecular flexibility index (Phi) is 4.12. The minimum absolute atomic E-state index is 0.167. The molecule has 4 nitrogen and oxygen atoms in total. The van der Waals surface area contributed by atoms with Gasteiger partial charge in [0, 0.05) is 14.1 Å². The summed E-state index contributed by atoms with van der Waals surface area (Å²) in [6, 6.07) is 9.14. The molecule has 2 rings (SSSR count). The number of para-hydroxylation sites is 1. The minimum Gasteiger partial charge on any atom is -0.506 e. The first kappa shape index (κ1) is 13.5. The summed E-state index contributed by atoms with van der Waals surface area (Å²) < 4.78 is 0. The zero-order valence-corrected chi connectivity index (χ0v) is 11.6. The van der Waals surface area contributed by atoms with Crippen LogP contribution in [-0.4, -0.2) is 24.2 Å². The van der Waals surface area contributed by atoms with Crippen molar-refractivity contribution in [3.8, 4) is 5.75 Å². The molecule has 0 amide bonds. The maximum Gasteiger partial charge on any atom is 0.133 e. The van der Waals surface area contributed by atoms with E-state index in [0.717, 1.165) is 17.1 Å². The van der Waals surface area contributed by atoms with Crippen LogP contribution in [-0.2, 0) is 6.54 Å². The fraction of sp³-hybridized carbons (Fsp3) is 0.214. The third-order valence-corrected chi connectivity index (χ3v) is 3.01. The van der Waals surface area contributed by atoms with Gasteiger partial charge in [0.15, 0.2) is 0 Å². The number of nitrogens with zero attached hydrogens (tertiary/aromatic N) is 2. The summed E-state index contributed by atoms with van der Waals surface area (Å²) >= 11 is 6.20. The second-order valence-corrected chi connectivity index (χ2v) is 4.80. The molecule has 1 aromatic heterocycles. The van der Waals surface area contributed by atoms with Gasteiger partial charge in [0.1, 0.15) is 5.75 Å². The van der Waals surface area contributed by atoms with Gasteiger partial charge in [-0.15, -0.1) is 0 Å². The van der Waals surface area contributed by atoms with Crippen molar-refractivity contribution in [1.29, 1.82) is 0 Å². The molecule has 2 N–H and O–H groups in total. The maximum absolute atomic E-state index is 9.19. The van der Waals surface area contributed by atoms with Crippen molar-refractivity contribution < 1.29 is 5.11 Å². The topological polar surface area (TPSA) is 48.4 Å². The van der Waals surface area contributed by atoms with E-state index in [1.54, 1.807) is 12.1 Å². The van der Waals surface area contributed by atoms with Crippen LogP contribution in [0.2, 0.25) is 5.02 Å². The molecule has 0 spiro atoms. The highest BCUT2D eigenvalue weighted by atomic mass is 35.5. The van der Waals surface area contributed by atoms with Crippen molar-refractivity contribution in [1.82, 2.24) is 4.98 Å². The molecule has 0 saturated carbocycles. The summed E-state index contributed by atoms with van der Waals surface area (Å²) in [6.07, 6.45) is 1.43. The lowest BCUT2D eigenvalue weighted by atomic mass is 10.2. The largest absolute Gasteiger partial charge is 0.506 e. The highest BCUT2D eigenvalue weighted by Gasteiger charge is 2.08. The van der Waals surface area contributed by atoms with Crippen LogP contribution in [0.5, 0.6) is 5.75 Å². The van der Waals surface area contributed by atoms with E-state index in [0.29, 0.717) is 11.6 Å².